The van der Waals surface area contributed by atoms with Crippen molar-refractivity contribution < 1.29 is 9.47 Å². The molecule has 84 valence electrons. The molecule has 0 saturated carbocycles. The molecule has 2 heterocycles. The van der Waals surface area contributed by atoms with E-state index in [1.165, 1.54) is 24.4 Å². The first-order valence-corrected chi connectivity index (χ1v) is 4.66. The van der Waals surface area contributed by atoms with Crippen LogP contribution in [0.3, 0.4) is 0 Å². The second-order valence-electron chi connectivity index (χ2n) is 2.81. The Morgan fingerprint density at radius 3 is 2.75 bits per heavy atom. The molecule has 0 unspecified atom stereocenters. The second-order valence-corrected chi connectivity index (χ2v) is 3.16. The molecule has 0 fully saturated rings. The van der Waals surface area contributed by atoms with E-state index in [0.717, 1.165) is 0 Å². The molecule has 0 spiro atoms. The van der Waals surface area contributed by atoms with Crippen LogP contribution in [0, 0.1) is 0 Å². The highest BCUT2D eigenvalue weighted by molar-refractivity contribution is 6.31. The van der Waals surface area contributed by atoms with Gasteiger partial charge in [0.15, 0.2) is 5.15 Å². The van der Waals surface area contributed by atoms with Crippen LogP contribution < -0.4 is 9.47 Å². The van der Waals surface area contributed by atoms with Gasteiger partial charge in [0.25, 0.3) is 5.88 Å². The SMILES string of the molecule is COc1c(Cl)ncnc1Oc1ncn(C)n1. The van der Waals surface area contributed by atoms with Gasteiger partial charge in [-0.1, -0.05) is 11.6 Å². The quantitative estimate of drug-likeness (QED) is 0.748. The summed E-state index contributed by atoms with van der Waals surface area (Å²) >= 11 is 5.80. The van der Waals surface area contributed by atoms with Crippen molar-refractivity contribution in [2.45, 2.75) is 0 Å². The molecule has 0 radical (unpaired) electrons. The molecule has 0 aromatic carbocycles. The largest absolute Gasteiger partial charge is 0.489 e. The van der Waals surface area contributed by atoms with Crippen LogP contribution in [0.5, 0.6) is 17.6 Å². The predicted octanol–water partition coefficient (Wildman–Crippen LogP) is 1.06. The van der Waals surface area contributed by atoms with Crippen molar-refractivity contribution in [2.75, 3.05) is 7.11 Å². The van der Waals surface area contributed by atoms with Gasteiger partial charge in [-0.05, 0) is 0 Å². The van der Waals surface area contributed by atoms with Crippen LogP contribution in [-0.4, -0.2) is 31.8 Å². The molecule has 0 aliphatic heterocycles. The van der Waals surface area contributed by atoms with Gasteiger partial charge in [0, 0.05) is 7.05 Å². The maximum Gasteiger partial charge on any atom is 0.342 e. The average molecular weight is 242 g/mol. The molecule has 2 rings (SSSR count). The third kappa shape index (κ3) is 2.03. The standard InChI is InChI=1S/C8H8ClN5O2/c1-14-4-12-8(13-14)16-7-5(15-2)6(9)10-3-11-7/h3-4H,1-2H3. The lowest BCUT2D eigenvalue weighted by Gasteiger charge is -2.06. The number of aryl methyl sites for hydroxylation is 1. The van der Waals surface area contributed by atoms with Crippen LogP contribution in [0.4, 0.5) is 0 Å². The summed E-state index contributed by atoms with van der Waals surface area (Å²) in [6, 6.07) is 0.163. The third-order valence-electron chi connectivity index (χ3n) is 1.70. The molecule has 8 heteroatoms. The molecule has 2 aromatic rings. The van der Waals surface area contributed by atoms with Crippen molar-refractivity contribution in [1.29, 1.82) is 0 Å². The first-order valence-electron chi connectivity index (χ1n) is 4.28. The van der Waals surface area contributed by atoms with Crippen LogP contribution in [0.25, 0.3) is 0 Å². The van der Waals surface area contributed by atoms with Crippen LogP contribution >= 0.6 is 11.6 Å². The molecule has 16 heavy (non-hydrogen) atoms. The molecule has 2 aromatic heterocycles. The fourth-order valence-electron chi connectivity index (χ4n) is 1.03. The normalized spacial score (nSPS) is 10.2. The Morgan fingerprint density at radius 1 is 1.31 bits per heavy atom. The highest BCUT2D eigenvalue weighted by atomic mass is 35.5. The molecule has 0 saturated heterocycles. The third-order valence-corrected chi connectivity index (χ3v) is 1.97. The summed E-state index contributed by atoms with van der Waals surface area (Å²) in [5.74, 6) is 0.422. The first-order chi connectivity index (χ1) is 7.70. The maximum atomic E-state index is 5.80. The van der Waals surface area contributed by atoms with Crippen molar-refractivity contribution in [3.05, 3.63) is 17.8 Å². The highest BCUT2D eigenvalue weighted by Gasteiger charge is 2.14. The zero-order valence-electron chi connectivity index (χ0n) is 8.59. The van der Waals surface area contributed by atoms with E-state index in [1.54, 1.807) is 7.05 Å². The van der Waals surface area contributed by atoms with Gasteiger partial charge in [-0.15, -0.1) is 5.10 Å². The van der Waals surface area contributed by atoms with Crippen molar-refractivity contribution in [3.63, 3.8) is 0 Å². The van der Waals surface area contributed by atoms with Gasteiger partial charge >= 0.3 is 6.01 Å². The van der Waals surface area contributed by atoms with Crippen molar-refractivity contribution >= 4 is 11.6 Å². The van der Waals surface area contributed by atoms with Crippen molar-refractivity contribution in [3.8, 4) is 17.6 Å². The van der Waals surface area contributed by atoms with Gasteiger partial charge in [0.05, 0.1) is 7.11 Å². The predicted molar refractivity (Wildman–Crippen MR) is 54.7 cm³/mol. The van der Waals surface area contributed by atoms with E-state index in [2.05, 4.69) is 20.1 Å². The number of hydrogen-bond donors (Lipinski definition) is 0. The minimum Gasteiger partial charge on any atom is -0.489 e. The van der Waals surface area contributed by atoms with Gasteiger partial charge in [-0.3, -0.25) is 4.68 Å². The van der Waals surface area contributed by atoms with Crippen molar-refractivity contribution in [2.24, 2.45) is 7.05 Å². The number of methoxy groups -OCH3 is 1. The van der Waals surface area contributed by atoms with Crippen LogP contribution in [0.15, 0.2) is 12.7 Å². The van der Waals surface area contributed by atoms with E-state index in [-0.39, 0.29) is 22.8 Å². The molecule has 0 amide bonds. The average Bonchev–Trinajstić information content (AvgIpc) is 2.64. The van der Waals surface area contributed by atoms with Gasteiger partial charge in [0.2, 0.25) is 5.75 Å². The summed E-state index contributed by atoms with van der Waals surface area (Å²) in [7, 11) is 3.17. The van der Waals surface area contributed by atoms with Gasteiger partial charge in [0.1, 0.15) is 12.7 Å². The number of rotatable bonds is 3. The number of nitrogens with zero attached hydrogens (tertiary/aromatic N) is 5. The fourth-order valence-corrected chi connectivity index (χ4v) is 1.24. The summed E-state index contributed by atoms with van der Waals surface area (Å²) in [5.41, 5.74) is 0. The second kappa shape index (κ2) is 4.31. The zero-order valence-corrected chi connectivity index (χ0v) is 9.34. The van der Waals surface area contributed by atoms with Gasteiger partial charge < -0.3 is 9.47 Å². The van der Waals surface area contributed by atoms with Gasteiger partial charge in [-0.2, -0.15) is 9.97 Å². The Balaban J connectivity index is 2.30. The monoisotopic (exact) mass is 241 g/mol. The minimum atomic E-state index is 0.163. The molecule has 0 atom stereocenters. The van der Waals surface area contributed by atoms with Crippen LogP contribution in [0.2, 0.25) is 5.15 Å². The van der Waals surface area contributed by atoms with E-state index in [0.29, 0.717) is 0 Å². The summed E-state index contributed by atoms with van der Waals surface area (Å²) in [5, 5.41) is 4.11. The highest BCUT2D eigenvalue weighted by Crippen LogP contribution is 2.32. The Kier molecular flexibility index (Phi) is 2.86. The van der Waals surface area contributed by atoms with E-state index in [4.69, 9.17) is 21.1 Å². The smallest absolute Gasteiger partial charge is 0.342 e. The fraction of sp³-hybridized carbons (Fsp3) is 0.250. The summed E-state index contributed by atoms with van der Waals surface area (Å²) in [6.07, 6.45) is 2.77. The molecular weight excluding hydrogens is 234 g/mol. The van der Waals surface area contributed by atoms with E-state index < -0.39 is 0 Å². The molecule has 0 aliphatic rings. The van der Waals surface area contributed by atoms with E-state index in [9.17, 15) is 0 Å². The number of aromatic nitrogens is 5. The summed E-state index contributed by atoms with van der Waals surface area (Å²) in [4.78, 5) is 11.5. The lowest BCUT2D eigenvalue weighted by molar-refractivity contribution is 0.355. The topological polar surface area (TPSA) is 75.0 Å². The molecule has 0 aliphatic carbocycles. The zero-order chi connectivity index (χ0) is 11.5. The number of hydrogen-bond acceptors (Lipinski definition) is 6. The summed E-state index contributed by atoms with van der Waals surface area (Å²) < 4.78 is 11.8. The number of ether oxygens (including phenoxy) is 2. The van der Waals surface area contributed by atoms with E-state index in [1.807, 2.05) is 0 Å². The Labute approximate surface area is 96.0 Å². The number of halogens is 1. The summed E-state index contributed by atoms with van der Waals surface area (Å²) in [6.45, 7) is 0. The minimum absolute atomic E-state index is 0.163. The molecular formula is C8H8ClN5O2. The van der Waals surface area contributed by atoms with Gasteiger partial charge in [-0.25, -0.2) is 4.98 Å². The molecule has 7 nitrogen and oxygen atoms in total. The van der Waals surface area contributed by atoms with E-state index >= 15 is 0 Å². The van der Waals surface area contributed by atoms with Crippen LogP contribution in [-0.2, 0) is 7.05 Å². The van der Waals surface area contributed by atoms with Crippen LogP contribution in [0.1, 0.15) is 0 Å². The van der Waals surface area contributed by atoms with Crippen molar-refractivity contribution in [1.82, 2.24) is 24.7 Å². The molecule has 0 bridgehead atoms. The lowest BCUT2D eigenvalue weighted by Crippen LogP contribution is -1.97. The Bertz CT molecular complexity index is 501. The Hall–Kier alpha value is -1.89. The molecule has 0 N–H and O–H groups in total. The lowest BCUT2D eigenvalue weighted by atomic mass is 10.5. The Morgan fingerprint density at radius 2 is 2.12 bits per heavy atom. The maximum absolute atomic E-state index is 5.80. The first kappa shape index (κ1) is 10.6.